The molecular formula is C14H16Cl2N4OS. The van der Waals surface area contributed by atoms with Crippen molar-refractivity contribution in [3.63, 3.8) is 0 Å². The second kappa shape index (κ2) is 7.60. The van der Waals surface area contributed by atoms with Crippen LogP contribution in [-0.2, 0) is 0 Å². The van der Waals surface area contributed by atoms with Gasteiger partial charge in [-0.05, 0) is 31.2 Å². The summed E-state index contributed by atoms with van der Waals surface area (Å²) in [5.41, 5.74) is 7.31. The number of fused-ring (bicyclic) bond motifs is 1. The van der Waals surface area contributed by atoms with E-state index >= 15 is 0 Å². The molecule has 0 spiro atoms. The maximum absolute atomic E-state index is 12.2. The minimum atomic E-state index is -0.129. The molecule has 1 amide bonds. The van der Waals surface area contributed by atoms with Crippen molar-refractivity contribution < 1.29 is 4.79 Å². The van der Waals surface area contributed by atoms with Gasteiger partial charge in [-0.25, -0.2) is 4.98 Å². The van der Waals surface area contributed by atoms with Gasteiger partial charge in [0.15, 0.2) is 0 Å². The van der Waals surface area contributed by atoms with Gasteiger partial charge in [0.1, 0.15) is 5.65 Å². The van der Waals surface area contributed by atoms with Crippen LogP contribution < -0.4 is 11.1 Å². The molecule has 1 unspecified atom stereocenters. The second-order valence-corrected chi connectivity index (χ2v) is 5.66. The zero-order valence-corrected chi connectivity index (χ0v) is 14.1. The predicted octanol–water partition coefficient (Wildman–Crippen LogP) is 3.74. The number of hydrogen-bond acceptors (Lipinski definition) is 4. The Morgan fingerprint density at radius 3 is 2.77 bits per heavy atom. The van der Waals surface area contributed by atoms with Crippen LogP contribution in [0.2, 0.25) is 0 Å². The number of pyridine rings is 1. The number of nitrogens with one attached hydrogen (secondary N) is 2. The van der Waals surface area contributed by atoms with Crippen molar-refractivity contribution >= 4 is 58.8 Å². The van der Waals surface area contributed by atoms with Crippen LogP contribution in [0.3, 0.4) is 0 Å². The first-order valence-corrected chi connectivity index (χ1v) is 7.05. The topological polar surface area (TPSA) is 83.8 Å². The second-order valence-electron chi connectivity index (χ2n) is 4.54. The average molecular weight is 359 g/mol. The van der Waals surface area contributed by atoms with E-state index in [4.69, 9.17) is 5.73 Å². The molecule has 0 fully saturated rings. The molecule has 0 radical (unpaired) electrons. The van der Waals surface area contributed by atoms with E-state index in [1.807, 2.05) is 19.1 Å². The lowest BCUT2D eigenvalue weighted by Crippen LogP contribution is -2.10. The molecule has 3 aromatic heterocycles. The lowest BCUT2D eigenvalue weighted by atomic mass is 10.2. The third-order valence-corrected chi connectivity index (χ3v) is 4.29. The Kier molecular flexibility index (Phi) is 6.37. The lowest BCUT2D eigenvalue weighted by molar-refractivity contribution is 0.103. The van der Waals surface area contributed by atoms with Crippen LogP contribution in [0.4, 0.5) is 5.69 Å². The number of nitrogens with two attached hydrogens (primary N) is 1. The first kappa shape index (κ1) is 18.4. The Balaban J connectivity index is 0.00000121. The zero-order valence-electron chi connectivity index (χ0n) is 11.7. The minimum absolute atomic E-state index is 0. The molecule has 0 saturated heterocycles. The summed E-state index contributed by atoms with van der Waals surface area (Å²) in [6.45, 7) is 1.90. The normalized spacial score (nSPS) is 11.4. The van der Waals surface area contributed by atoms with Crippen molar-refractivity contribution in [2.75, 3.05) is 5.32 Å². The van der Waals surface area contributed by atoms with Gasteiger partial charge in [0.25, 0.3) is 5.91 Å². The first-order valence-electron chi connectivity index (χ1n) is 6.24. The van der Waals surface area contributed by atoms with Crippen molar-refractivity contribution in [3.8, 4) is 0 Å². The fourth-order valence-corrected chi connectivity index (χ4v) is 2.83. The van der Waals surface area contributed by atoms with E-state index in [2.05, 4.69) is 15.3 Å². The lowest BCUT2D eigenvalue weighted by Gasteiger charge is -2.04. The summed E-state index contributed by atoms with van der Waals surface area (Å²) in [7, 11) is 0. The number of carbonyl (C=O) groups is 1. The third kappa shape index (κ3) is 3.59. The maximum Gasteiger partial charge on any atom is 0.265 e. The van der Waals surface area contributed by atoms with Gasteiger partial charge in [-0.1, -0.05) is 0 Å². The van der Waals surface area contributed by atoms with E-state index in [1.165, 1.54) is 11.3 Å². The highest BCUT2D eigenvalue weighted by Crippen LogP contribution is 2.24. The van der Waals surface area contributed by atoms with Gasteiger partial charge in [-0.15, -0.1) is 36.2 Å². The van der Waals surface area contributed by atoms with Crippen LogP contribution in [-0.4, -0.2) is 15.9 Å². The standard InChI is InChI=1S/C14H14N4OS.2ClH/c1-8(15)11-2-3-12(20-11)14(19)18-10-5-7-17-13-9(10)4-6-16-13;;/h2-8H,15H2,1H3,(H2,16,17,18,19);2*1H. The van der Waals surface area contributed by atoms with Crippen LogP contribution in [0, 0.1) is 0 Å². The fourth-order valence-electron chi connectivity index (χ4n) is 1.97. The molecule has 0 aliphatic carbocycles. The van der Waals surface area contributed by atoms with Crippen LogP contribution in [0.25, 0.3) is 11.0 Å². The number of thiophene rings is 1. The Bertz CT molecular complexity index is 769. The largest absolute Gasteiger partial charge is 0.346 e. The molecule has 3 heterocycles. The van der Waals surface area contributed by atoms with Gasteiger partial charge in [-0.3, -0.25) is 4.79 Å². The molecule has 0 aromatic carbocycles. The van der Waals surface area contributed by atoms with Gasteiger partial charge in [0, 0.05) is 28.7 Å². The Morgan fingerprint density at radius 2 is 2.09 bits per heavy atom. The van der Waals surface area contributed by atoms with Crippen molar-refractivity contribution in [3.05, 3.63) is 46.4 Å². The molecule has 4 N–H and O–H groups in total. The summed E-state index contributed by atoms with van der Waals surface area (Å²) in [4.78, 5) is 21.1. The molecule has 118 valence electrons. The summed E-state index contributed by atoms with van der Waals surface area (Å²) in [6.07, 6.45) is 3.46. The summed E-state index contributed by atoms with van der Waals surface area (Å²) in [5, 5.41) is 3.80. The maximum atomic E-state index is 12.2. The van der Waals surface area contributed by atoms with Crippen LogP contribution in [0.15, 0.2) is 36.7 Å². The number of halogens is 2. The average Bonchev–Trinajstić information content (AvgIpc) is 3.08. The number of amides is 1. The number of H-pyrrole nitrogens is 1. The molecule has 5 nitrogen and oxygen atoms in total. The fraction of sp³-hybridized carbons (Fsp3) is 0.143. The van der Waals surface area contributed by atoms with Crippen LogP contribution >= 0.6 is 36.2 Å². The number of aromatic amines is 1. The number of hydrogen-bond donors (Lipinski definition) is 3. The number of carbonyl (C=O) groups excluding carboxylic acids is 1. The summed E-state index contributed by atoms with van der Waals surface area (Å²) < 4.78 is 0. The van der Waals surface area contributed by atoms with Gasteiger partial charge in [-0.2, -0.15) is 0 Å². The molecule has 0 aliphatic heterocycles. The molecule has 3 rings (SSSR count). The van der Waals surface area contributed by atoms with Gasteiger partial charge < -0.3 is 16.0 Å². The molecule has 1 atom stereocenters. The van der Waals surface area contributed by atoms with Crippen molar-refractivity contribution in [2.24, 2.45) is 5.73 Å². The highest BCUT2D eigenvalue weighted by atomic mass is 35.5. The van der Waals surface area contributed by atoms with Crippen LogP contribution in [0.5, 0.6) is 0 Å². The van der Waals surface area contributed by atoms with E-state index in [0.29, 0.717) is 4.88 Å². The molecule has 8 heteroatoms. The smallest absolute Gasteiger partial charge is 0.265 e. The number of rotatable bonds is 3. The molecule has 0 bridgehead atoms. The van der Waals surface area contributed by atoms with E-state index in [9.17, 15) is 4.79 Å². The zero-order chi connectivity index (χ0) is 14.1. The minimum Gasteiger partial charge on any atom is -0.346 e. The number of aromatic nitrogens is 2. The SMILES string of the molecule is CC(N)c1ccc(C(=O)Nc2ccnc3[nH]ccc23)s1.Cl.Cl. The van der Waals surface area contributed by atoms with Crippen molar-refractivity contribution in [1.82, 2.24) is 9.97 Å². The molecule has 22 heavy (non-hydrogen) atoms. The Labute approximate surface area is 144 Å². The predicted molar refractivity (Wildman–Crippen MR) is 95.5 cm³/mol. The molecule has 0 aliphatic rings. The summed E-state index contributed by atoms with van der Waals surface area (Å²) in [5.74, 6) is -0.129. The van der Waals surface area contributed by atoms with Crippen molar-refractivity contribution in [1.29, 1.82) is 0 Å². The first-order chi connectivity index (χ1) is 9.65. The molecular weight excluding hydrogens is 343 g/mol. The van der Waals surface area contributed by atoms with Gasteiger partial charge in [0.05, 0.1) is 10.6 Å². The van der Waals surface area contributed by atoms with Crippen LogP contribution in [0.1, 0.15) is 27.5 Å². The monoisotopic (exact) mass is 358 g/mol. The van der Waals surface area contributed by atoms with Gasteiger partial charge >= 0.3 is 0 Å². The van der Waals surface area contributed by atoms with Crippen molar-refractivity contribution in [2.45, 2.75) is 13.0 Å². The van der Waals surface area contributed by atoms with E-state index in [1.54, 1.807) is 24.5 Å². The number of nitrogens with zero attached hydrogens (tertiary/aromatic N) is 1. The summed E-state index contributed by atoms with van der Waals surface area (Å²) >= 11 is 1.42. The van der Waals surface area contributed by atoms with E-state index < -0.39 is 0 Å². The van der Waals surface area contributed by atoms with E-state index in [-0.39, 0.29) is 36.8 Å². The third-order valence-electron chi connectivity index (χ3n) is 3.01. The Hall–Kier alpha value is -1.60. The molecule has 0 saturated carbocycles. The molecule has 3 aromatic rings. The highest BCUT2D eigenvalue weighted by molar-refractivity contribution is 7.14. The highest BCUT2D eigenvalue weighted by Gasteiger charge is 2.13. The number of anilines is 1. The van der Waals surface area contributed by atoms with Gasteiger partial charge in [0.2, 0.25) is 0 Å². The summed E-state index contributed by atoms with van der Waals surface area (Å²) in [6, 6.07) is 7.31. The van der Waals surface area contributed by atoms with E-state index in [0.717, 1.165) is 21.6 Å². The Morgan fingerprint density at radius 1 is 1.32 bits per heavy atom. The quantitative estimate of drug-likeness (QED) is 0.666.